The van der Waals surface area contributed by atoms with Crippen LogP contribution in [0.5, 0.6) is 0 Å². The highest BCUT2D eigenvalue weighted by atomic mass is 19.1. The molecule has 0 saturated heterocycles. The quantitative estimate of drug-likeness (QED) is 0.843. The van der Waals surface area contributed by atoms with E-state index in [0.29, 0.717) is 6.04 Å². The van der Waals surface area contributed by atoms with E-state index in [1.165, 1.54) is 19.3 Å². The lowest BCUT2D eigenvalue weighted by Gasteiger charge is -2.19. The minimum atomic E-state index is -0.106. The van der Waals surface area contributed by atoms with Crippen LogP contribution in [0.2, 0.25) is 0 Å². The zero-order chi connectivity index (χ0) is 12.0. The highest BCUT2D eigenvalue weighted by molar-refractivity contribution is 5.29. The maximum absolute atomic E-state index is 13.5. The third kappa shape index (κ3) is 1.89. The predicted molar refractivity (Wildman–Crippen MR) is 67.3 cm³/mol. The van der Waals surface area contributed by atoms with Crippen molar-refractivity contribution >= 4 is 0 Å². The van der Waals surface area contributed by atoms with E-state index >= 15 is 0 Å². The molecule has 0 aromatic heterocycles. The van der Waals surface area contributed by atoms with Crippen LogP contribution in [0, 0.1) is 30.5 Å². The van der Waals surface area contributed by atoms with Crippen molar-refractivity contribution in [1.29, 1.82) is 0 Å². The molecule has 17 heavy (non-hydrogen) atoms. The molecule has 1 aromatic rings. The number of benzene rings is 1. The molecule has 0 aliphatic heterocycles. The van der Waals surface area contributed by atoms with Crippen LogP contribution in [0.1, 0.15) is 36.4 Å². The first kappa shape index (κ1) is 11.2. The molecule has 1 aromatic carbocycles. The second-order valence-electron chi connectivity index (χ2n) is 5.66. The third-order valence-corrected chi connectivity index (χ3v) is 4.59. The lowest BCUT2D eigenvalue weighted by molar-refractivity contribution is 0.442. The average molecular weight is 233 g/mol. The van der Waals surface area contributed by atoms with Gasteiger partial charge in [-0.1, -0.05) is 12.5 Å². The molecule has 0 bridgehead atoms. The Morgan fingerprint density at radius 1 is 1.24 bits per heavy atom. The maximum Gasteiger partial charge on any atom is 0.123 e. The van der Waals surface area contributed by atoms with E-state index in [2.05, 4.69) is 11.4 Å². The van der Waals surface area contributed by atoms with Crippen molar-refractivity contribution in [2.45, 2.75) is 32.2 Å². The summed E-state index contributed by atoms with van der Waals surface area (Å²) in [5.74, 6) is 2.44. The van der Waals surface area contributed by atoms with Gasteiger partial charge in [0.25, 0.3) is 0 Å². The van der Waals surface area contributed by atoms with Crippen LogP contribution < -0.4 is 5.32 Å². The van der Waals surface area contributed by atoms with E-state index in [0.717, 1.165) is 28.9 Å². The molecule has 0 spiro atoms. The van der Waals surface area contributed by atoms with E-state index in [-0.39, 0.29) is 5.82 Å². The molecule has 92 valence electrons. The Labute approximate surface area is 102 Å². The zero-order valence-corrected chi connectivity index (χ0v) is 10.5. The van der Waals surface area contributed by atoms with Gasteiger partial charge < -0.3 is 5.32 Å². The summed E-state index contributed by atoms with van der Waals surface area (Å²) in [7, 11) is 2.00. The van der Waals surface area contributed by atoms with Crippen molar-refractivity contribution in [1.82, 2.24) is 5.32 Å². The van der Waals surface area contributed by atoms with E-state index < -0.39 is 0 Å². The lowest BCUT2D eigenvalue weighted by atomic mass is 9.96. The normalized spacial score (nSPS) is 32.3. The van der Waals surface area contributed by atoms with E-state index in [4.69, 9.17) is 0 Å². The Balaban J connectivity index is 1.85. The van der Waals surface area contributed by atoms with Gasteiger partial charge in [0.2, 0.25) is 0 Å². The maximum atomic E-state index is 13.5. The lowest BCUT2D eigenvalue weighted by Crippen LogP contribution is -2.20. The molecule has 0 heterocycles. The number of aryl methyl sites for hydroxylation is 1. The molecule has 2 aliphatic rings. The van der Waals surface area contributed by atoms with Crippen molar-refractivity contribution in [3.05, 3.63) is 35.1 Å². The summed E-state index contributed by atoms with van der Waals surface area (Å²) in [5, 5.41) is 3.40. The fourth-order valence-corrected chi connectivity index (χ4v) is 3.90. The molecule has 3 rings (SSSR count). The number of fused-ring (bicyclic) bond motifs is 1. The van der Waals surface area contributed by atoms with E-state index in [1.54, 1.807) is 12.1 Å². The van der Waals surface area contributed by atoms with Gasteiger partial charge in [-0.2, -0.15) is 0 Å². The second-order valence-corrected chi connectivity index (χ2v) is 5.66. The Morgan fingerprint density at radius 3 is 2.53 bits per heavy atom. The summed E-state index contributed by atoms with van der Waals surface area (Å²) < 4.78 is 13.5. The Morgan fingerprint density at radius 2 is 1.94 bits per heavy atom. The molecule has 3 unspecified atom stereocenters. The number of hydrogen-bond donors (Lipinski definition) is 1. The molecule has 2 fully saturated rings. The van der Waals surface area contributed by atoms with Crippen LogP contribution in [-0.2, 0) is 0 Å². The molecule has 1 nitrogen and oxygen atoms in total. The van der Waals surface area contributed by atoms with Crippen LogP contribution >= 0.6 is 0 Å². The van der Waals surface area contributed by atoms with Crippen LogP contribution in [0.15, 0.2) is 18.2 Å². The van der Waals surface area contributed by atoms with Gasteiger partial charge >= 0.3 is 0 Å². The molecule has 3 atom stereocenters. The highest BCUT2D eigenvalue weighted by Gasteiger charge is 2.55. The van der Waals surface area contributed by atoms with Crippen molar-refractivity contribution in [2.75, 3.05) is 7.05 Å². The summed E-state index contributed by atoms with van der Waals surface area (Å²) in [6, 6.07) is 5.77. The van der Waals surface area contributed by atoms with Crippen molar-refractivity contribution in [3.8, 4) is 0 Å². The van der Waals surface area contributed by atoms with Crippen molar-refractivity contribution in [3.63, 3.8) is 0 Å². The van der Waals surface area contributed by atoms with Gasteiger partial charge in [0.05, 0.1) is 0 Å². The first-order valence-corrected chi connectivity index (χ1v) is 6.65. The molecule has 1 N–H and O–H groups in total. The summed E-state index contributed by atoms with van der Waals surface area (Å²) in [4.78, 5) is 0. The molecular formula is C15H20FN. The predicted octanol–water partition coefficient (Wildman–Crippen LogP) is 3.44. The topological polar surface area (TPSA) is 12.0 Å². The van der Waals surface area contributed by atoms with Crippen molar-refractivity contribution in [2.24, 2.45) is 17.8 Å². The third-order valence-electron chi connectivity index (χ3n) is 4.59. The minimum absolute atomic E-state index is 0.106. The molecule has 2 heteroatoms. The number of halogens is 1. The van der Waals surface area contributed by atoms with Crippen LogP contribution in [0.25, 0.3) is 0 Å². The van der Waals surface area contributed by atoms with Gasteiger partial charge in [-0.05, 0) is 67.8 Å². The van der Waals surface area contributed by atoms with Crippen LogP contribution in [-0.4, -0.2) is 7.05 Å². The average Bonchev–Trinajstić information content (AvgIpc) is 2.73. The molecular weight excluding hydrogens is 213 g/mol. The second kappa shape index (κ2) is 4.09. The first-order chi connectivity index (χ1) is 8.20. The molecule has 2 aliphatic carbocycles. The molecule has 0 amide bonds. The largest absolute Gasteiger partial charge is 0.313 e. The fraction of sp³-hybridized carbons (Fsp3) is 0.600. The summed E-state index contributed by atoms with van der Waals surface area (Å²) >= 11 is 0. The summed E-state index contributed by atoms with van der Waals surface area (Å²) in [6.45, 7) is 1.97. The first-order valence-electron chi connectivity index (χ1n) is 6.65. The summed E-state index contributed by atoms with van der Waals surface area (Å²) in [6.07, 6.45) is 4.15. The molecule has 0 radical (unpaired) electrons. The zero-order valence-electron chi connectivity index (χ0n) is 10.5. The standard InChI is InChI=1S/C15H20FN/c1-9-6-10(8-11(16)7-9)15(17-2)14-12-4-3-5-13(12)14/h6-8,12-15,17H,3-5H2,1-2H3. The fourth-order valence-electron chi connectivity index (χ4n) is 3.90. The Hall–Kier alpha value is -0.890. The van der Waals surface area contributed by atoms with Gasteiger partial charge in [0.15, 0.2) is 0 Å². The van der Waals surface area contributed by atoms with Gasteiger partial charge in [-0.15, -0.1) is 0 Å². The van der Waals surface area contributed by atoms with Crippen LogP contribution in [0.4, 0.5) is 4.39 Å². The monoisotopic (exact) mass is 233 g/mol. The van der Waals surface area contributed by atoms with E-state index in [1.807, 2.05) is 14.0 Å². The van der Waals surface area contributed by atoms with Crippen molar-refractivity contribution < 1.29 is 4.39 Å². The minimum Gasteiger partial charge on any atom is -0.313 e. The SMILES string of the molecule is CNC(c1cc(C)cc(F)c1)C1C2CCCC21. The summed E-state index contributed by atoms with van der Waals surface area (Å²) in [5.41, 5.74) is 2.15. The molecule has 2 saturated carbocycles. The number of hydrogen-bond acceptors (Lipinski definition) is 1. The Bertz CT molecular complexity index is 399. The van der Waals surface area contributed by atoms with Crippen LogP contribution in [0.3, 0.4) is 0 Å². The number of rotatable bonds is 3. The highest BCUT2D eigenvalue weighted by Crippen LogP contribution is 2.62. The van der Waals surface area contributed by atoms with Gasteiger partial charge in [0, 0.05) is 6.04 Å². The van der Waals surface area contributed by atoms with E-state index in [9.17, 15) is 4.39 Å². The Kier molecular flexibility index (Phi) is 2.70. The smallest absolute Gasteiger partial charge is 0.123 e. The van der Waals surface area contributed by atoms with Gasteiger partial charge in [-0.25, -0.2) is 4.39 Å². The van der Waals surface area contributed by atoms with Gasteiger partial charge in [0.1, 0.15) is 5.82 Å². The number of nitrogens with one attached hydrogen (secondary N) is 1. The van der Waals surface area contributed by atoms with Gasteiger partial charge in [-0.3, -0.25) is 0 Å².